The number of fused-ring (bicyclic) bond motifs is 1. The zero-order valence-electron chi connectivity index (χ0n) is 11.1. The topological polar surface area (TPSA) is 80.8 Å². The molecule has 0 saturated carbocycles. The molecule has 6 nitrogen and oxygen atoms in total. The Morgan fingerprint density at radius 2 is 2.05 bits per heavy atom. The predicted molar refractivity (Wildman–Crippen MR) is 73.7 cm³/mol. The van der Waals surface area contributed by atoms with E-state index >= 15 is 0 Å². The Balaban J connectivity index is 2.19. The van der Waals surface area contributed by atoms with Crippen molar-refractivity contribution >= 4 is 15.8 Å². The number of nitrogens with zero attached hydrogens (tertiary/aromatic N) is 1. The van der Waals surface area contributed by atoms with Gasteiger partial charge in [-0.1, -0.05) is 0 Å². The fourth-order valence-corrected chi connectivity index (χ4v) is 2.75. The highest BCUT2D eigenvalue weighted by Crippen LogP contribution is 2.29. The molecule has 0 unspecified atom stereocenters. The summed E-state index contributed by atoms with van der Waals surface area (Å²) >= 11 is 0. The Labute approximate surface area is 121 Å². The van der Waals surface area contributed by atoms with E-state index < -0.39 is 10.1 Å². The Kier molecular flexibility index (Phi) is 3.15. The van der Waals surface area contributed by atoms with Crippen LogP contribution in [0.3, 0.4) is 0 Å². The molecule has 7 heteroatoms. The van der Waals surface area contributed by atoms with Gasteiger partial charge in [-0.2, -0.15) is 8.42 Å². The number of ether oxygens (including phenoxy) is 1. The molecule has 0 radical (unpaired) electrons. The Morgan fingerprint density at radius 3 is 2.71 bits per heavy atom. The third kappa shape index (κ3) is 2.48. The van der Waals surface area contributed by atoms with E-state index in [2.05, 4.69) is 0 Å². The first-order chi connectivity index (χ1) is 9.99. The number of oxazole rings is 1. The monoisotopic (exact) mass is 306 g/mol. The summed E-state index contributed by atoms with van der Waals surface area (Å²) in [4.78, 5) is -0.298. The molecule has 0 fully saturated rings. The average Bonchev–Trinajstić information content (AvgIpc) is 2.89. The highest BCUT2D eigenvalue weighted by atomic mass is 32.2. The molecule has 108 valence electrons. The average molecular weight is 306 g/mol. The second-order valence-electron chi connectivity index (χ2n) is 4.38. The Morgan fingerprint density at radius 1 is 1.24 bits per heavy atom. The summed E-state index contributed by atoms with van der Waals surface area (Å²) in [5, 5.41) is 0. The molecule has 0 saturated heterocycles. The molecular weight excluding hydrogens is 294 g/mol. The third-order valence-electron chi connectivity index (χ3n) is 3.05. The zero-order valence-corrected chi connectivity index (χ0v) is 11.9. The molecule has 1 aromatic carbocycles. The molecule has 0 aliphatic heterocycles. The summed E-state index contributed by atoms with van der Waals surface area (Å²) in [5.74, 6) is 0.554. The maximum Gasteiger partial charge on any atom is 0.379 e. The maximum absolute atomic E-state index is 11.4. The van der Waals surface area contributed by atoms with Crippen LogP contribution < -0.4 is 9.14 Å². The van der Waals surface area contributed by atoms with Crippen LogP contribution in [0.15, 0.2) is 58.1 Å². The standard InChI is InChI=1S/C14H11NO5S/c1-19-11-6-5-10(8-13(11)21(16,17)18)12-9-15-7-3-2-4-14(15)20-12/h2-9H,1H3/p+1. The van der Waals surface area contributed by atoms with Gasteiger partial charge in [-0.3, -0.25) is 4.55 Å². The summed E-state index contributed by atoms with van der Waals surface area (Å²) < 4.78 is 44.4. The van der Waals surface area contributed by atoms with Crippen molar-refractivity contribution in [2.24, 2.45) is 0 Å². The van der Waals surface area contributed by atoms with Gasteiger partial charge in [-0.25, -0.2) is 0 Å². The van der Waals surface area contributed by atoms with E-state index in [-0.39, 0.29) is 10.6 Å². The molecule has 0 bridgehead atoms. The van der Waals surface area contributed by atoms with Gasteiger partial charge in [0.25, 0.3) is 10.1 Å². The largest absolute Gasteiger partial charge is 0.495 e. The minimum Gasteiger partial charge on any atom is -0.495 e. The predicted octanol–water partition coefficient (Wildman–Crippen LogP) is 1.94. The molecule has 0 aliphatic carbocycles. The number of aromatic nitrogens is 1. The molecule has 3 aromatic rings. The number of hydrogen-bond acceptors (Lipinski definition) is 4. The van der Waals surface area contributed by atoms with Crippen molar-refractivity contribution in [1.29, 1.82) is 0 Å². The van der Waals surface area contributed by atoms with Gasteiger partial charge in [-0.05, 0) is 24.3 Å². The number of benzene rings is 1. The van der Waals surface area contributed by atoms with E-state index in [1.807, 2.05) is 18.3 Å². The van der Waals surface area contributed by atoms with Crippen molar-refractivity contribution in [3.8, 4) is 17.1 Å². The molecule has 0 spiro atoms. The number of pyridine rings is 1. The second-order valence-corrected chi connectivity index (χ2v) is 5.77. The van der Waals surface area contributed by atoms with Crippen LogP contribution in [0, 0.1) is 0 Å². The SMILES string of the molecule is COc1ccc(-c2c[n+]3ccccc3o2)cc1S(=O)(=O)O. The van der Waals surface area contributed by atoms with Crippen LogP contribution >= 0.6 is 0 Å². The van der Waals surface area contributed by atoms with Crippen LogP contribution in [0.2, 0.25) is 0 Å². The van der Waals surface area contributed by atoms with Gasteiger partial charge in [0.05, 0.1) is 13.2 Å². The summed E-state index contributed by atoms with van der Waals surface area (Å²) in [7, 11) is -3.05. The maximum atomic E-state index is 11.4. The summed E-state index contributed by atoms with van der Waals surface area (Å²) in [5.41, 5.74) is 1.14. The molecule has 0 aliphatic rings. The van der Waals surface area contributed by atoms with Crippen LogP contribution in [0.25, 0.3) is 17.0 Å². The second kappa shape index (κ2) is 4.87. The first-order valence-electron chi connectivity index (χ1n) is 6.05. The Bertz CT molecular complexity index is 881. The van der Waals surface area contributed by atoms with Gasteiger partial charge < -0.3 is 9.15 Å². The first kappa shape index (κ1) is 13.6. The van der Waals surface area contributed by atoms with Crippen LogP contribution in [-0.4, -0.2) is 20.1 Å². The molecule has 1 N–H and O–H groups in total. The quantitative estimate of drug-likeness (QED) is 0.591. The highest BCUT2D eigenvalue weighted by Gasteiger charge is 2.20. The summed E-state index contributed by atoms with van der Waals surface area (Å²) in [6.45, 7) is 0. The normalized spacial score (nSPS) is 11.7. The molecule has 2 heterocycles. The van der Waals surface area contributed by atoms with Gasteiger partial charge in [0.15, 0.2) is 6.20 Å². The van der Waals surface area contributed by atoms with Crippen molar-refractivity contribution in [1.82, 2.24) is 0 Å². The van der Waals surface area contributed by atoms with E-state index in [1.54, 1.807) is 22.7 Å². The lowest BCUT2D eigenvalue weighted by Gasteiger charge is -2.06. The van der Waals surface area contributed by atoms with Crippen LogP contribution in [0.5, 0.6) is 5.75 Å². The lowest BCUT2D eigenvalue weighted by Crippen LogP contribution is -2.15. The number of rotatable bonds is 3. The fourth-order valence-electron chi connectivity index (χ4n) is 2.06. The molecule has 0 atom stereocenters. The molecule has 3 rings (SSSR count). The van der Waals surface area contributed by atoms with Crippen molar-refractivity contribution < 1.29 is 26.5 Å². The molecule has 2 aromatic heterocycles. The Hall–Kier alpha value is -2.38. The van der Waals surface area contributed by atoms with Gasteiger partial charge >= 0.3 is 5.71 Å². The lowest BCUT2D eigenvalue weighted by molar-refractivity contribution is -0.513. The number of hydrogen-bond donors (Lipinski definition) is 1. The minimum atomic E-state index is -4.38. The van der Waals surface area contributed by atoms with Crippen LogP contribution in [-0.2, 0) is 10.1 Å². The van der Waals surface area contributed by atoms with Crippen molar-refractivity contribution in [3.05, 3.63) is 48.8 Å². The van der Waals surface area contributed by atoms with Crippen molar-refractivity contribution in [2.75, 3.05) is 7.11 Å². The van der Waals surface area contributed by atoms with Crippen LogP contribution in [0.1, 0.15) is 0 Å². The van der Waals surface area contributed by atoms with Gasteiger partial charge in [0, 0.05) is 11.6 Å². The van der Waals surface area contributed by atoms with Gasteiger partial charge in [0.1, 0.15) is 10.6 Å². The lowest BCUT2D eigenvalue weighted by atomic mass is 10.2. The summed E-state index contributed by atoms with van der Waals surface area (Å²) in [6.07, 6.45) is 3.54. The third-order valence-corrected chi connectivity index (χ3v) is 3.92. The van der Waals surface area contributed by atoms with E-state index in [9.17, 15) is 13.0 Å². The van der Waals surface area contributed by atoms with Crippen molar-refractivity contribution in [3.63, 3.8) is 0 Å². The zero-order chi connectivity index (χ0) is 15.0. The molecule has 21 heavy (non-hydrogen) atoms. The van der Waals surface area contributed by atoms with Gasteiger partial charge in [0.2, 0.25) is 12.0 Å². The minimum absolute atomic E-state index is 0.0741. The van der Waals surface area contributed by atoms with Gasteiger partial charge in [-0.15, -0.1) is 4.40 Å². The van der Waals surface area contributed by atoms with E-state index in [0.29, 0.717) is 17.0 Å². The van der Waals surface area contributed by atoms with Crippen LogP contribution in [0.4, 0.5) is 0 Å². The van der Waals surface area contributed by atoms with E-state index in [0.717, 1.165) is 0 Å². The first-order valence-corrected chi connectivity index (χ1v) is 7.49. The van der Waals surface area contributed by atoms with Crippen molar-refractivity contribution in [2.45, 2.75) is 4.90 Å². The molecule has 0 amide bonds. The number of methoxy groups -OCH3 is 1. The fraction of sp³-hybridized carbons (Fsp3) is 0.0714. The smallest absolute Gasteiger partial charge is 0.379 e. The van der Waals surface area contributed by atoms with E-state index in [4.69, 9.17) is 9.15 Å². The van der Waals surface area contributed by atoms with E-state index in [1.165, 1.54) is 19.2 Å². The highest BCUT2D eigenvalue weighted by molar-refractivity contribution is 7.86. The molecular formula is C14H12NO5S+. The summed E-state index contributed by atoms with van der Waals surface area (Å²) in [6, 6.07) is 9.91.